The van der Waals surface area contributed by atoms with E-state index in [1.165, 1.54) is 18.4 Å². The van der Waals surface area contributed by atoms with Crippen molar-refractivity contribution in [2.24, 2.45) is 0 Å². The fraction of sp³-hybridized carbons (Fsp3) is 0.429. The summed E-state index contributed by atoms with van der Waals surface area (Å²) in [5.41, 5.74) is 3.67. The number of nitrogens with zero attached hydrogens (tertiary/aromatic N) is 5. The standard InChI is InChI=1S/C14H17N5O2/c1-9-12(5-6-13(20)18(3)21-4)10(2)19-14(17-9)11(7-15)8-16-19/h8H,5-6H2,1-4H3. The lowest BCUT2D eigenvalue weighted by Gasteiger charge is -2.15. The van der Waals surface area contributed by atoms with Crippen LogP contribution in [0.4, 0.5) is 0 Å². The van der Waals surface area contributed by atoms with Gasteiger partial charge in [0.15, 0.2) is 5.65 Å². The minimum Gasteiger partial charge on any atom is -0.275 e. The Kier molecular flexibility index (Phi) is 4.19. The van der Waals surface area contributed by atoms with Gasteiger partial charge in [0.1, 0.15) is 11.6 Å². The number of carbonyl (C=O) groups is 1. The highest BCUT2D eigenvalue weighted by Crippen LogP contribution is 2.18. The molecule has 0 saturated carbocycles. The number of aromatic nitrogens is 3. The molecule has 0 N–H and O–H groups in total. The van der Waals surface area contributed by atoms with Gasteiger partial charge < -0.3 is 0 Å². The average Bonchev–Trinajstić information content (AvgIpc) is 2.88. The molecule has 1 amide bonds. The Morgan fingerprint density at radius 1 is 1.52 bits per heavy atom. The van der Waals surface area contributed by atoms with Gasteiger partial charge in [0, 0.05) is 24.9 Å². The fourth-order valence-electron chi connectivity index (χ4n) is 2.24. The number of hydroxylamine groups is 2. The summed E-state index contributed by atoms with van der Waals surface area (Å²) in [6.45, 7) is 3.79. The molecule has 0 aliphatic heterocycles. The Morgan fingerprint density at radius 3 is 2.86 bits per heavy atom. The van der Waals surface area contributed by atoms with Crippen LogP contribution in [0.1, 0.15) is 28.9 Å². The lowest BCUT2D eigenvalue weighted by Crippen LogP contribution is -2.25. The van der Waals surface area contributed by atoms with Gasteiger partial charge in [-0.15, -0.1) is 0 Å². The molecule has 0 spiro atoms. The number of amides is 1. The Balaban J connectivity index is 2.33. The van der Waals surface area contributed by atoms with E-state index in [-0.39, 0.29) is 5.91 Å². The zero-order chi connectivity index (χ0) is 15.6. The van der Waals surface area contributed by atoms with E-state index >= 15 is 0 Å². The molecule has 0 aromatic carbocycles. The summed E-state index contributed by atoms with van der Waals surface area (Å²) in [4.78, 5) is 21.1. The van der Waals surface area contributed by atoms with Crippen molar-refractivity contribution in [2.75, 3.05) is 14.2 Å². The third-order valence-corrected chi connectivity index (χ3v) is 3.54. The van der Waals surface area contributed by atoms with Crippen molar-refractivity contribution in [2.45, 2.75) is 26.7 Å². The second-order valence-corrected chi connectivity index (χ2v) is 4.74. The topological polar surface area (TPSA) is 83.5 Å². The Morgan fingerprint density at radius 2 is 2.24 bits per heavy atom. The summed E-state index contributed by atoms with van der Waals surface area (Å²) in [5.74, 6) is -0.102. The van der Waals surface area contributed by atoms with Crippen molar-refractivity contribution in [3.8, 4) is 6.07 Å². The monoisotopic (exact) mass is 287 g/mol. The van der Waals surface area contributed by atoms with Crippen LogP contribution in [0, 0.1) is 25.2 Å². The Labute approximate surface area is 122 Å². The van der Waals surface area contributed by atoms with Crippen molar-refractivity contribution in [1.82, 2.24) is 19.7 Å². The predicted octanol–water partition coefficient (Wildman–Crippen LogP) is 1.17. The van der Waals surface area contributed by atoms with Crippen molar-refractivity contribution in [1.29, 1.82) is 5.26 Å². The van der Waals surface area contributed by atoms with Crippen molar-refractivity contribution < 1.29 is 9.63 Å². The maximum absolute atomic E-state index is 11.8. The molecule has 0 atom stereocenters. The van der Waals surface area contributed by atoms with Crippen molar-refractivity contribution in [3.05, 3.63) is 28.7 Å². The zero-order valence-corrected chi connectivity index (χ0v) is 12.5. The van der Waals surface area contributed by atoms with Gasteiger partial charge in [-0.2, -0.15) is 10.4 Å². The van der Waals surface area contributed by atoms with Crippen LogP contribution in [0.2, 0.25) is 0 Å². The van der Waals surface area contributed by atoms with Gasteiger partial charge in [-0.05, 0) is 25.8 Å². The van der Waals surface area contributed by atoms with Gasteiger partial charge in [-0.1, -0.05) is 0 Å². The summed E-state index contributed by atoms with van der Waals surface area (Å²) in [5, 5.41) is 14.4. The first kappa shape index (κ1) is 14.9. The van der Waals surface area contributed by atoms with E-state index in [0.717, 1.165) is 17.0 Å². The maximum atomic E-state index is 11.8. The Hall–Kier alpha value is -2.46. The van der Waals surface area contributed by atoms with E-state index < -0.39 is 0 Å². The molecule has 0 radical (unpaired) electrons. The van der Waals surface area contributed by atoms with Crippen LogP contribution in [0.15, 0.2) is 6.20 Å². The van der Waals surface area contributed by atoms with E-state index in [2.05, 4.69) is 16.2 Å². The summed E-state index contributed by atoms with van der Waals surface area (Å²) >= 11 is 0. The molecule has 2 rings (SSSR count). The first-order valence-electron chi connectivity index (χ1n) is 6.54. The number of nitriles is 1. The van der Waals surface area contributed by atoms with Crippen LogP contribution in [-0.2, 0) is 16.1 Å². The highest BCUT2D eigenvalue weighted by Gasteiger charge is 2.15. The quantitative estimate of drug-likeness (QED) is 0.788. The Bertz CT molecular complexity index is 729. The SMILES string of the molecule is CON(C)C(=O)CCc1c(C)nc2c(C#N)cnn2c1C. The molecule has 2 heterocycles. The first-order valence-corrected chi connectivity index (χ1v) is 6.54. The summed E-state index contributed by atoms with van der Waals surface area (Å²) < 4.78 is 1.64. The maximum Gasteiger partial charge on any atom is 0.246 e. The third-order valence-electron chi connectivity index (χ3n) is 3.54. The number of rotatable bonds is 4. The molecule has 21 heavy (non-hydrogen) atoms. The lowest BCUT2D eigenvalue weighted by molar-refractivity contribution is -0.168. The van der Waals surface area contributed by atoms with Crippen molar-refractivity contribution in [3.63, 3.8) is 0 Å². The van der Waals surface area contributed by atoms with E-state index in [1.54, 1.807) is 11.6 Å². The molecule has 7 nitrogen and oxygen atoms in total. The molecule has 0 saturated heterocycles. The third kappa shape index (κ3) is 2.71. The molecular formula is C14H17N5O2. The van der Waals surface area contributed by atoms with E-state index in [9.17, 15) is 4.79 Å². The molecule has 2 aromatic heterocycles. The number of carbonyl (C=O) groups excluding carboxylic acids is 1. The second kappa shape index (κ2) is 5.89. The van der Waals surface area contributed by atoms with Gasteiger partial charge in [0.05, 0.1) is 13.3 Å². The molecule has 0 unspecified atom stereocenters. The molecule has 0 fully saturated rings. The van der Waals surface area contributed by atoms with Crippen LogP contribution in [0.25, 0.3) is 5.65 Å². The van der Waals surface area contributed by atoms with Gasteiger partial charge in [-0.3, -0.25) is 9.63 Å². The lowest BCUT2D eigenvalue weighted by atomic mass is 10.1. The van der Waals surface area contributed by atoms with Crippen LogP contribution < -0.4 is 0 Å². The fourth-order valence-corrected chi connectivity index (χ4v) is 2.24. The highest BCUT2D eigenvalue weighted by atomic mass is 16.7. The van der Waals surface area contributed by atoms with Gasteiger partial charge in [0.25, 0.3) is 0 Å². The van der Waals surface area contributed by atoms with Crippen molar-refractivity contribution >= 4 is 11.6 Å². The zero-order valence-electron chi connectivity index (χ0n) is 12.5. The first-order chi connectivity index (χ1) is 9.99. The molecule has 2 aromatic rings. The number of hydrogen-bond acceptors (Lipinski definition) is 5. The molecule has 0 bridgehead atoms. The summed E-state index contributed by atoms with van der Waals surface area (Å²) in [6, 6.07) is 2.07. The predicted molar refractivity (Wildman–Crippen MR) is 75.3 cm³/mol. The smallest absolute Gasteiger partial charge is 0.246 e. The molecule has 110 valence electrons. The van der Waals surface area contributed by atoms with Crippen LogP contribution in [0.3, 0.4) is 0 Å². The minimum absolute atomic E-state index is 0.102. The number of fused-ring (bicyclic) bond motifs is 1. The normalized spacial score (nSPS) is 10.6. The molecule has 0 aliphatic carbocycles. The summed E-state index contributed by atoms with van der Waals surface area (Å²) in [6.07, 6.45) is 2.38. The van der Waals surface area contributed by atoms with Gasteiger partial charge in [-0.25, -0.2) is 14.6 Å². The van der Waals surface area contributed by atoms with E-state index in [0.29, 0.717) is 24.1 Å². The molecular weight excluding hydrogens is 270 g/mol. The van der Waals surface area contributed by atoms with Crippen LogP contribution in [-0.4, -0.2) is 39.7 Å². The van der Waals surface area contributed by atoms with E-state index in [1.807, 2.05) is 13.8 Å². The molecule has 0 aliphatic rings. The number of hydrogen-bond donors (Lipinski definition) is 0. The second-order valence-electron chi connectivity index (χ2n) is 4.74. The average molecular weight is 287 g/mol. The van der Waals surface area contributed by atoms with Crippen LogP contribution in [0.5, 0.6) is 0 Å². The van der Waals surface area contributed by atoms with Gasteiger partial charge in [0.2, 0.25) is 5.91 Å². The van der Waals surface area contributed by atoms with Crippen LogP contribution >= 0.6 is 0 Å². The van der Waals surface area contributed by atoms with Gasteiger partial charge >= 0.3 is 0 Å². The van der Waals surface area contributed by atoms with E-state index in [4.69, 9.17) is 10.1 Å². The summed E-state index contributed by atoms with van der Waals surface area (Å²) in [7, 11) is 3.03. The minimum atomic E-state index is -0.102. The number of aryl methyl sites for hydroxylation is 2. The molecule has 7 heteroatoms. The largest absolute Gasteiger partial charge is 0.275 e. The highest BCUT2D eigenvalue weighted by molar-refractivity contribution is 5.75.